The van der Waals surface area contributed by atoms with Crippen molar-refractivity contribution in [2.24, 2.45) is 0 Å². The highest BCUT2D eigenvalue weighted by atomic mass is 16.4. The predicted octanol–water partition coefficient (Wildman–Crippen LogP) is 3.23. The molecule has 0 saturated carbocycles. The van der Waals surface area contributed by atoms with Gasteiger partial charge in [-0.1, -0.05) is 18.2 Å². The zero-order valence-electron chi connectivity index (χ0n) is 15.3. The first-order valence-electron chi connectivity index (χ1n) is 9.00. The van der Waals surface area contributed by atoms with Gasteiger partial charge < -0.3 is 10.0 Å². The minimum absolute atomic E-state index is 0.112. The smallest absolute Gasteiger partial charge is 0.317 e. The van der Waals surface area contributed by atoms with Crippen LogP contribution in [0.4, 0.5) is 5.69 Å². The molecule has 0 aliphatic carbocycles. The number of pyridine rings is 1. The molecule has 5 nitrogen and oxygen atoms in total. The van der Waals surface area contributed by atoms with Gasteiger partial charge in [-0.05, 0) is 51.8 Å². The molecule has 3 rings (SSSR count). The van der Waals surface area contributed by atoms with Crippen LogP contribution in [0.25, 0.3) is 10.9 Å². The van der Waals surface area contributed by atoms with E-state index in [0.29, 0.717) is 6.04 Å². The fourth-order valence-electron chi connectivity index (χ4n) is 3.90. The molecule has 1 saturated heterocycles. The Hall–Kier alpha value is -2.14. The van der Waals surface area contributed by atoms with E-state index < -0.39 is 5.97 Å². The first-order chi connectivity index (χ1) is 12.0. The van der Waals surface area contributed by atoms with E-state index in [9.17, 15) is 4.79 Å². The second-order valence-corrected chi connectivity index (χ2v) is 7.07. The lowest BCUT2D eigenvalue weighted by molar-refractivity contribution is -0.138. The lowest BCUT2D eigenvalue weighted by Crippen LogP contribution is -2.36. The summed E-state index contributed by atoms with van der Waals surface area (Å²) < 4.78 is 0. The number of aliphatic carboxylic acids is 1. The van der Waals surface area contributed by atoms with Crippen LogP contribution in [0, 0.1) is 13.8 Å². The number of aromatic nitrogens is 1. The normalized spacial score (nSPS) is 18.6. The Morgan fingerprint density at radius 2 is 2.04 bits per heavy atom. The molecule has 1 unspecified atom stereocenters. The zero-order chi connectivity index (χ0) is 18.0. The molecular weight excluding hydrogens is 314 g/mol. The lowest BCUT2D eigenvalue weighted by atomic mass is 10.1. The molecule has 2 heterocycles. The largest absolute Gasteiger partial charge is 0.480 e. The first kappa shape index (κ1) is 17.7. The quantitative estimate of drug-likeness (QED) is 0.925. The van der Waals surface area contributed by atoms with Gasteiger partial charge in [0.2, 0.25) is 0 Å². The second kappa shape index (κ2) is 7.40. The molecule has 1 aromatic carbocycles. The third-order valence-electron chi connectivity index (χ3n) is 5.37. The Morgan fingerprint density at radius 3 is 2.80 bits per heavy atom. The monoisotopic (exact) mass is 341 g/mol. The van der Waals surface area contributed by atoms with Crippen molar-refractivity contribution in [3.8, 4) is 0 Å². The number of carboxylic acids is 1. The minimum atomic E-state index is -0.754. The number of para-hydroxylation sites is 1. The highest BCUT2D eigenvalue weighted by molar-refractivity contribution is 5.93. The van der Waals surface area contributed by atoms with Gasteiger partial charge in [-0.2, -0.15) is 0 Å². The molecule has 25 heavy (non-hydrogen) atoms. The van der Waals surface area contributed by atoms with Gasteiger partial charge in [0, 0.05) is 30.2 Å². The van der Waals surface area contributed by atoms with Gasteiger partial charge >= 0.3 is 5.97 Å². The molecule has 1 aromatic heterocycles. The fraction of sp³-hybridized carbons (Fsp3) is 0.500. The summed E-state index contributed by atoms with van der Waals surface area (Å²) in [6.45, 7) is 6.30. The summed E-state index contributed by atoms with van der Waals surface area (Å²) >= 11 is 0. The van der Waals surface area contributed by atoms with E-state index in [4.69, 9.17) is 10.1 Å². The number of hydrogen-bond donors (Lipinski definition) is 1. The summed E-state index contributed by atoms with van der Waals surface area (Å²) in [6.07, 6.45) is 3.10. The van der Waals surface area contributed by atoms with Crippen LogP contribution in [0.3, 0.4) is 0 Å². The van der Waals surface area contributed by atoms with E-state index in [2.05, 4.69) is 36.9 Å². The molecular formula is C20H27N3O2. The number of nitrogens with zero attached hydrogens (tertiary/aromatic N) is 3. The average molecular weight is 341 g/mol. The Kier molecular flexibility index (Phi) is 5.23. The van der Waals surface area contributed by atoms with E-state index in [1.54, 1.807) is 0 Å². The molecule has 0 bridgehead atoms. The Labute approximate surface area is 149 Å². The molecule has 0 amide bonds. The van der Waals surface area contributed by atoms with Crippen LogP contribution in [-0.2, 0) is 4.79 Å². The van der Waals surface area contributed by atoms with Gasteiger partial charge in [-0.25, -0.2) is 0 Å². The number of aryl methyl sites for hydroxylation is 1. The van der Waals surface area contributed by atoms with Crippen molar-refractivity contribution in [2.45, 2.75) is 39.2 Å². The zero-order valence-corrected chi connectivity index (χ0v) is 15.3. The number of likely N-dealkylation sites (N-methyl/N-ethyl adjacent to an activating group) is 1. The van der Waals surface area contributed by atoms with Crippen LogP contribution in [-0.4, -0.2) is 53.7 Å². The van der Waals surface area contributed by atoms with Crippen LogP contribution < -0.4 is 4.90 Å². The summed E-state index contributed by atoms with van der Waals surface area (Å²) in [5, 5.41) is 10.3. The van der Waals surface area contributed by atoms with Crippen molar-refractivity contribution in [2.75, 3.05) is 31.6 Å². The molecule has 1 aliphatic heterocycles. The minimum Gasteiger partial charge on any atom is -0.480 e. The van der Waals surface area contributed by atoms with E-state index in [-0.39, 0.29) is 6.54 Å². The van der Waals surface area contributed by atoms with Crippen LogP contribution in [0.2, 0.25) is 0 Å². The second-order valence-electron chi connectivity index (χ2n) is 7.07. The number of hydrogen-bond acceptors (Lipinski definition) is 4. The molecule has 134 valence electrons. The maximum Gasteiger partial charge on any atom is 0.317 e. The van der Waals surface area contributed by atoms with Crippen LogP contribution >= 0.6 is 0 Å². The highest BCUT2D eigenvalue weighted by Crippen LogP contribution is 2.33. The van der Waals surface area contributed by atoms with Gasteiger partial charge in [0.05, 0.1) is 17.7 Å². The van der Waals surface area contributed by atoms with E-state index in [1.807, 2.05) is 18.0 Å². The van der Waals surface area contributed by atoms with Crippen LogP contribution in [0.1, 0.15) is 30.5 Å². The lowest BCUT2D eigenvalue weighted by Gasteiger charge is -2.28. The number of fused-ring (bicyclic) bond motifs is 1. The van der Waals surface area contributed by atoms with Gasteiger partial charge in [0.1, 0.15) is 0 Å². The first-order valence-corrected chi connectivity index (χ1v) is 9.00. The van der Waals surface area contributed by atoms with Crippen molar-refractivity contribution >= 4 is 22.6 Å². The van der Waals surface area contributed by atoms with Gasteiger partial charge in [0.25, 0.3) is 0 Å². The van der Waals surface area contributed by atoms with E-state index in [0.717, 1.165) is 43.6 Å². The Balaban J connectivity index is 1.87. The molecule has 1 fully saturated rings. The van der Waals surface area contributed by atoms with Crippen molar-refractivity contribution in [3.05, 3.63) is 35.5 Å². The van der Waals surface area contributed by atoms with Gasteiger partial charge in [-0.3, -0.25) is 14.7 Å². The molecule has 1 atom stereocenters. The predicted molar refractivity (Wildman–Crippen MR) is 101 cm³/mol. The summed E-state index contributed by atoms with van der Waals surface area (Å²) in [6, 6.07) is 8.67. The number of carbonyl (C=O) groups is 1. The molecule has 2 aromatic rings. The highest BCUT2D eigenvalue weighted by Gasteiger charge is 2.24. The maximum absolute atomic E-state index is 11.0. The van der Waals surface area contributed by atoms with Gasteiger partial charge in [-0.15, -0.1) is 0 Å². The van der Waals surface area contributed by atoms with E-state index >= 15 is 0 Å². The van der Waals surface area contributed by atoms with Crippen molar-refractivity contribution < 1.29 is 9.90 Å². The summed E-state index contributed by atoms with van der Waals surface area (Å²) in [7, 11) is 1.92. The van der Waals surface area contributed by atoms with Crippen LogP contribution in [0.15, 0.2) is 24.3 Å². The maximum atomic E-state index is 11.0. The summed E-state index contributed by atoms with van der Waals surface area (Å²) in [5.74, 6) is -0.754. The average Bonchev–Trinajstić information content (AvgIpc) is 2.81. The molecule has 1 aliphatic rings. The van der Waals surface area contributed by atoms with Crippen molar-refractivity contribution in [3.63, 3.8) is 0 Å². The number of benzene rings is 1. The summed E-state index contributed by atoms with van der Waals surface area (Å²) in [4.78, 5) is 20.2. The van der Waals surface area contributed by atoms with Gasteiger partial charge in [0.15, 0.2) is 0 Å². The number of carboxylic acid groups (broad SMARTS) is 1. The third-order valence-corrected chi connectivity index (χ3v) is 5.37. The third kappa shape index (κ3) is 3.76. The van der Waals surface area contributed by atoms with Crippen LogP contribution in [0.5, 0.6) is 0 Å². The molecule has 5 heteroatoms. The molecule has 1 N–H and O–H groups in total. The molecule has 0 radical (unpaired) electrons. The van der Waals surface area contributed by atoms with Crippen molar-refractivity contribution in [1.82, 2.24) is 9.88 Å². The topological polar surface area (TPSA) is 56.7 Å². The fourth-order valence-corrected chi connectivity index (χ4v) is 3.90. The SMILES string of the molecule is Cc1nc2ccccc2c(N2CCCC(N(C)CC(=O)O)CC2)c1C. The Bertz CT molecular complexity index is 775. The molecule has 0 spiro atoms. The van der Waals surface area contributed by atoms with E-state index in [1.165, 1.54) is 16.6 Å². The van der Waals surface area contributed by atoms with Crippen molar-refractivity contribution in [1.29, 1.82) is 0 Å². The summed E-state index contributed by atoms with van der Waals surface area (Å²) in [5.41, 5.74) is 4.67. The number of anilines is 1. The Morgan fingerprint density at radius 1 is 1.28 bits per heavy atom. The number of rotatable bonds is 4. The standard InChI is InChI=1S/C20H27N3O2/c1-14-15(2)21-18-9-5-4-8-17(18)20(14)23-11-6-7-16(10-12-23)22(3)13-19(24)25/h4-5,8-9,16H,6-7,10-13H2,1-3H3,(H,24,25).